The van der Waals surface area contributed by atoms with E-state index in [0.29, 0.717) is 19.4 Å². The Morgan fingerprint density at radius 2 is 1.61 bits per heavy atom. The monoisotopic (exact) mass is 543 g/mol. The molecule has 2 saturated heterocycles. The molecule has 2 amide bonds. The van der Waals surface area contributed by atoms with Gasteiger partial charge in [-0.3, -0.25) is 14.5 Å². The minimum Gasteiger partial charge on any atom is -0.457 e. The molecular formula is C30H42ClN3O4. The molecule has 2 heterocycles. The topological polar surface area (TPSA) is 82.1 Å². The van der Waals surface area contributed by atoms with Crippen LogP contribution < -0.4 is 10.1 Å². The number of aryl methyl sites for hydroxylation is 1. The third kappa shape index (κ3) is 6.50. The predicted molar refractivity (Wildman–Crippen MR) is 152 cm³/mol. The van der Waals surface area contributed by atoms with Gasteiger partial charge in [0.15, 0.2) is 0 Å². The molecule has 2 aliphatic heterocycles. The second kappa shape index (κ2) is 13.0. The molecule has 0 bridgehead atoms. The molecular weight excluding hydrogens is 502 g/mol. The summed E-state index contributed by atoms with van der Waals surface area (Å²) in [6.07, 6.45) is 2.07. The first-order valence-electron chi connectivity index (χ1n) is 13.6. The van der Waals surface area contributed by atoms with Crippen molar-refractivity contribution in [1.29, 1.82) is 0 Å². The predicted octanol–water partition coefficient (Wildman–Crippen LogP) is 4.69. The van der Waals surface area contributed by atoms with Crippen LogP contribution in [0.4, 0.5) is 0 Å². The number of piperazine rings is 1. The van der Waals surface area contributed by atoms with Crippen molar-refractivity contribution in [3.8, 4) is 11.5 Å². The van der Waals surface area contributed by atoms with Gasteiger partial charge in [0.1, 0.15) is 23.1 Å². The summed E-state index contributed by atoms with van der Waals surface area (Å²) in [5, 5.41) is 13.5. The molecule has 2 aliphatic rings. The van der Waals surface area contributed by atoms with Crippen LogP contribution in [0.25, 0.3) is 0 Å². The van der Waals surface area contributed by atoms with E-state index in [4.69, 9.17) is 4.74 Å². The van der Waals surface area contributed by atoms with Gasteiger partial charge in [0.2, 0.25) is 11.8 Å². The van der Waals surface area contributed by atoms with Gasteiger partial charge in [0, 0.05) is 26.2 Å². The summed E-state index contributed by atoms with van der Waals surface area (Å²) in [6, 6.07) is 15.3. The molecule has 2 N–H and O–H groups in total. The standard InChI is InChI=1S/C30H41N3O4.ClH/c1-5-6-17-33-28(35)26(27(34)21(2)3)31-29(36)30(33)15-18-32(19-16-30)20-23-9-13-25(14-10-23)37-24-11-7-22(4)8-12-24;/h7-14,21,26-27,34H,5-6,15-20H2,1-4H3,(H,31,36);1H. The number of nitrogens with zero attached hydrogens (tertiary/aromatic N) is 2. The number of carbonyl (C=O) groups excluding carboxylic acids is 2. The summed E-state index contributed by atoms with van der Waals surface area (Å²) in [5.74, 6) is 1.23. The highest BCUT2D eigenvalue weighted by Crippen LogP contribution is 2.35. The van der Waals surface area contributed by atoms with Crippen LogP contribution in [0.1, 0.15) is 57.6 Å². The molecule has 7 nitrogen and oxygen atoms in total. The number of rotatable bonds is 9. The Morgan fingerprint density at radius 3 is 2.16 bits per heavy atom. The first kappa shape index (κ1) is 29.9. The lowest BCUT2D eigenvalue weighted by molar-refractivity contribution is -0.165. The number of hydrogen-bond acceptors (Lipinski definition) is 5. The highest BCUT2D eigenvalue weighted by Gasteiger charge is 2.54. The van der Waals surface area contributed by atoms with Crippen molar-refractivity contribution in [2.45, 2.75) is 77.6 Å². The molecule has 2 atom stereocenters. The fourth-order valence-corrected chi connectivity index (χ4v) is 5.34. The van der Waals surface area contributed by atoms with Gasteiger partial charge >= 0.3 is 0 Å². The van der Waals surface area contributed by atoms with Crippen molar-refractivity contribution in [2.75, 3.05) is 19.6 Å². The van der Waals surface area contributed by atoms with E-state index in [1.807, 2.05) is 50.2 Å². The highest BCUT2D eigenvalue weighted by molar-refractivity contribution is 6.00. The quantitative estimate of drug-likeness (QED) is 0.479. The van der Waals surface area contributed by atoms with E-state index in [0.717, 1.165) is 44.0 Å². The zero-order chi connectivity index (χ0) is 26.6. The van der Waals surface area contributed by atoms with Crippen LogP contribution in [0.5, 0.6) is 11.5 Å². The molecule has 0 saturated carbocycles. The minimum absolute atomic E-state index is 0. The van der Waals surface area contributed by atoms with Crippen molar-refractivity contribution in [3.63, 3.8) is 0 Å². The summed E-state index contributed by atoms with van der Waals surface area (Å²) in [7, 11) is 0. The van der Waals surface area contributed by atoms with E-state index < -0.39 is 17.7 Å². The normalized spacial score (nSPS) is 20.3. The number of aliphatic hydroxyl groups excluding tert-OH is 1. The van der Waals surface area contributed by atoms with Crippen LogP contribution in [0.2, 0.25) is 0 Å². The van der Waals surface area contributed by atoms with Crippen LogP contribution in [0, 0.1) is 12.8 Å². The van der Waals surface area contributed by atoms with Crippen molar-refractivity contribution in [3.05, 3.63) is 59.7 Å². The largest absolute Gasteiger partial charge is 0.457 e. The molecule has 208 valence electrons. The molecule has 1 spiro atoms. The van der Waals surface area contributed by atoms with Crippen molar-refractivity contribution < 1.29 is 19.4 Å². The van der Waals surface area contributed by atoms with E-state index in [-0.39, 0.29) is 30.1 Å². The summed E-state index contributed by atoms with van der Waals surface area (Å²) in [6.45, 7) is 10.6. The zero-order valence-electron chi connectivity index (χ0n) is 23.0. The van der Waals surface area contributed by atoms with E-state index in [1.165, 1.54) is 11.1 Å². The number of unbranched alkanes of at least 4 members (excludes halogenated alkanes) is 1. The Labute approximate surface area is 232 Å². The molecule has 2 fully saturated rings. The Kier molecular flexibility index (Phi) is 10.2. The number of piperidine rings is 1. The number of benzene rings is 2. The number of likely N-dealkylation sites (tertiary alicyclic amines) is 1. The maximum absolute atomic E-state index is 13.5. The lowest BCUT2D eigenvalue weighted by atomic mass is 9.80. The minimum atomic E-state index is -0.893. The lowest BCUT2D eigenvalue weighted by Gasteiger charge is -2.52. The van der Waals surface area contributed by atoms with E-state index in [1.54, 1.807) is 4.90 Å². The van der Waals surface area contributed by atoms with Crippen LogP contribution in [-0.2, 0) is 16.1 Å². The van der Waals surface area contributed by atoms with Gasteiger partial charge in [-0.05, 0) is 61.9 Å². The molecule has 2 aromatic rings. The Bertz CT molecular complexity index is 1070. The molecule has 0 radical (unpaired) electrons. The number of nitrogens with one attached hydrogen (secondary N) is 1. The first-order chi connectivity index (χ1) is 17.7. The fraction of sp³-hybridized carbons (Fsp3) is 0.533. The average molecular weight is 544 g/mol. The van der Waals surface area contributed by atoms with Gasteiger partial charge in [0.05, 0.1) is 6.10 Å². The maximum atomic E-state index is 13.5. The van der Waals surface area contributed by atoms with Crippen molar-refractivity contribution in [1.82, 2.24) is 15.1 Å². The second-order valence-corrected chi connectivity index (χ2v) is 10.9. The summed E-state index contributed by atoms with van der Waals surface area (Å²) < 4.78 is 5.95. The molecule has 8 heteroatoms. The van der Waals surface area contributed by atoms with E-state index in [9.17, 15) is 14.7 Å². The van der Waals surface area contributed by atoms with Crippen LogP contribution in [0.15, 0.2) is 48.5 Å². The molecule has 0 aromatic heterocycles. The fourth-order valence-electron chi connectivity index (χ4n) is 5.34. The maximum Gasteiger partial charge on any atom is 0.248 e. The zero-order valence-corrected chi connectivity index (χ0v) is 23.8. The molecule has 2 unspecified atom stereocenters. The van der Waals surface area contributed by atoms with Gasteiger partial charge in [-0.1, -0.05) is 57.0 Å². The van der Waals surface area contributed by atoms with E-state index >= 15 is 0 Å². The highest BCUT2D eigenvalue weighted by atomic mass is 35.5. The number of hydrogen-bond donors (Lipinski definition) is 2. The Balaban J connectivity index is 0.00000400. The van der Waals surface area contributed by atoms with Gasteiger partial charge in [0.25, 0.3) is 0 Å². The Hall–Kier alpha value is -2.61. The summed E-state index contributed by atoms with van der Waals surface area (Å²) in [5.41, 5.74) is 1.55. The van der Waals surface area contributed by atoms with Crippen LogP contribution in [-0.4, -0.2) is 64.0 Å². The lowest BCUT2D eigenvalue weighted by Crippen LogP contribution is -2.74. The number of halogens is 1. The van der Waals surface area contributed by atoms with Gasteiger partial charge < -0.3 is 20.1 Å². The number of carbonyl (C=O) groups is 2. The molecule has 2 aromatic carbocycles. The number of aliphatic hydroxyl groups is 1. The molecule has 4 rings (SSSR count). The summed E-state index contributed by atoms with van der Waals surface area (Å²) in [4.78, 5) is 31.1. The SMILES string of the molecule is CCCCN1C(=O)C(C(O)C(C)C)NC(=O)C12CCN(Cc1ccc(Oc3ccc(C)cc3)cc1)CC2.Cl. The van der Waals surface area contributed by atoms with E-state index in [2.05, 4.69) is 36.2 Å². The summed E-state index contributed by atoms with van der Waals surface area (Å²) >= 11 is 0. The number of ether oxygens (including phenoxy) is 1. The van der Waals surface area contributed by atoms with Crippen molar-refractivity contribution in [2.24, 2.45) is 5.92 Å². The van der Waals surface area contributed by atoms with Gasteiger partial charge in [-0.2, -0.15) is 0 Å². The third-order valence-electron chi connectivity index (χ3n) is 7.79. The number of amides is 2. The van der Waals surface area contributed by atoms with Gasteiger partial charge in [-0.25, -0.2) is 0 Å². The molecule has 38 heavy (non-hydrogen) atoms. The third-order valence-corrected chi connectivity index (χ3v) is 7.79. The first-order valence-corrected chi connectivity index (χ1v) is 13.6. The van der Waals surface area contributed by atoms with Crippen LogP contribution in [0.3, 0.4) is 0 Å². The average Bonchev–Trinajstić information content (AvgIpc) is 2.89. The van der Waals surface area contributed by atoms with Gasteiger partial charge in [-0.15, -0.1) is 12.4 Å². The smallest absolute Gasteiger partial charge is 0.248 e. The second-order valence-electron chi connectivity index (χ2n) is 10.9. The van der Waals surface area contributed by atoms with Crippen LogP contribution >= 0.6 is 12.4 Å². The van der Waals surface area contributed by atoms with Crippen molar-refractivity contribution >= 4 is 24.2 Å². The molecule has 0 aliphatic carbocycles. The Morgan fingerprint density at radius 1 is 1.03 bits per heavy atom.